The van der Waals surface area contributed by atoms with Gasteiger partial charge in [0, 0.05) is 19.9 Å². The van der Waals surface area contributed by atoms with Crippen molar-refractivity contribution in [3.63, 3.8) is 0 Å². The average molecular weight is 477 g/mol. The van der Waals surface area contributed by atoms with Crippen LogP contribution < -0.4 is 4.74 Å². The predicted molar refractivity (Wildman–Crippen MR) is 127 cm³/mol. The van der Waals surface area contributed by atoms with Gasteiger partial charge < -0.3 is 9.47 Å². The van der Waals surface area contributed by atoms with Crippen LogP contribution in [0.5, 0.6) is 5.75 Å². The molecule has 0 spiro atoms. The van der Waals surface area contributed by atoms with E-state index in [1.54, 1.807) is 11.3 Å². The second-order valence-electron chi connectivity index (χ2n) is 6.93. The largest absolute Gasteiger partial charge is 0.482 e. The highest BCUT2D eigenvalue weighted by Gasteiger charge is 2.18. The summed E-state index contributed by atoms with van der Waals surface area (Å²) >= 11 is 5.67. The molecule has 0 saturated heterocycles. The zero-order valence-electron chi connectivity index (χ0n) is 16.1. The average Bonchev–Trinajstić information content (AvgIpc) is 3.18. The summed E-state index contributed by atoms with van der Waals surface area (Å²) in [5.74, 6) is 0.237. The summed E-state index contributed by atoms with van der Waals surface area (Å²) in [6.45, 7) is -0.101. The molecule has 148 valence electrons. The van der Waals surface area contributed by atoms with Crippen LogP contribution in [-0.4, -0.2) is 19.7 Å². The number of rotatable bonds is 4. The number of methoxy groups -OCH3 is 1. The van der Waals surface area contributed by atoms with Crippen LogP contribution in [0.4, 0.5) is 0 Å². The molecule has 0 bridgehead atoms. The third kappa shape index (κ3) is 3.15. The molecule has 30 heavy (non-hydrogen) atoms. The number of thiophene rings is 1. The van der Waals surface area contributed by atoms with Gasteiger partial charge in [-0.2, -0.15) is 0 Å². The van der Waals surface area contributed by atoms with Crippen molar-refractivity contribution in [2.45, 2.75) is 0 Å². The minimum Gasteiger partial charge on any atom is -0.482 e. The molecule has 0 aliphatic rings. The second-order valence-corrected chi connectivity index (χ2v) is 8.77. The van der Waals surface area contributed by atoms with Crippen LogP contribution in [0, 0.1) is 0 Å². The van der Waals surface area contributed by atoms with Gasteiger partial charge in [-0.05, 0) is 56.0 Å². The molecule has 0 atom stereocenters. The van der Waals surface area contributed by atoms with Gasteiger partial charge >= 0.3 is 5.97 Å². The molecule has 3 nitrogen and oxygen atoms in total. The minimum absolute atomic E-state index is 0.101. The van der Waals surface area contributed by atoms with Gasteiger partial charge in [-0.15, -0.1) is 11.3 Å². The van der Waals surface area contributed by atoms with Crippen LogP contribution in [0.25, 0.3) is 42.1 Å². The number of carbonyl (C=O) groups excluding carboxylic acids is 1. The highest BCUT2D eigenvalue weighted by molar-refractivity contribution is 9.11. The maximum absolute atomic E-state index is 11.3. The van der Waals surface area contributed by atoms with E-state index in [1.165, 1.54) is 43.6 Å². The van der Waals surface area contributed by atoms with Crippen molar-refractivity contribution in [1.82, 2.24) is 0 Å². The molecule has 0 fully saturated rings. The Labute approximate surface area is 186 Å². The lowest BCUT2D eigenvalue weighted by Gasteiger charge is -2.13. The van der Waals surface area contributed by atoms with Gasteiger partial charge in [0.25, 0.3) is 0 Å². The Kier molecular flexibility index (Phi) is 4.93. The zero-order chi connectivity index (χ0) is 20.7. The van der Waals surface area contributed by atoms with Gasteiger partial charge in [0.15, 0.2) is 6.61 Å². The topological polar surface area (TPSA) is 35.5 Å². The van der Waals surface area contributed by atoms with Crippen molar-refractivity contribution < 1.29 is 14.3 Å². The molecule has 0 aliphatic carbocycles. The first-order valence-electron chi connectivity index (χ1n) is 9.49. The fourth-order valence-electron chi connectivity index (χ4n) is 3.82. The summed E-state index contributed by atoms with van der Waals surface area (Å²) in [5, 5.41) is 4.90. The molecule has 0 N–H and O–H groups in total. The number of hydrogen-bond acceptors (Lipinski definition) is 4. The van der Waals surface area contributed by atoms with Gasteiger partial charge in [0.2, 0.25) is 0 Å². The fourth-order valence-corrected chi connectivity index (χ4v) is 5.76. The summed E-state index contributed by atoms with van der Waals surface area (Å²) in [4.78, 5) is 11.3. The Morgan fingerprint density at radius 3 is 2.30 bits per heavy atom. The van der Waals surface area contributed by atoms with E-state index in [-0.39, 0.29) is 6.61 Å². The molecule has 5 rings (SSSR count). The highest BCUT2D eigenvalue weighted by atomic mass is 79.9. The van der Waals surface area contributed by atoms with Crippen molar-refractivity contribution in [1.29, 1.82) is 0 Å². The van der Waals surface area contributed by atoms with E-state index in [4.69, 9.17) is 4.74 Å². The van der Waals surface area contributed by atoms with Crippen molar-refractivity contribution in [3.05, 3.63) is 77.3 Å². The first-order valence-corrected chi connectivity index (χ1v) is 11.1. The van der Waals surface area contributed by atoms with Gasteiger partial charge in [-0.25, -0.2) is 4.79 Å². The van der Waals surface area contributed by atoms with E-state index < -0.39 is 5.97 Å². The molecule has 0 aliphatic heterocycles. The van der Waals surface area contributed by atoms with Gasteiger partial charge in [0.1, 0.15) is 5.75 Å². The molecule has 0 radical (unpaired) electrons. The van der Waals surface area contributed by atoms with E-state index in [0.717, 1.165) is 10.0 Å². The maximum atomic E-state index is 11.3. The minimum atomic E-state index is -0.399. The van der Waals surface area contributed by atoms with Crippen LogP contribution in [0.2, 0.25) is 0 Å². The lowest BCUT2D eigenvalue weighted by Crippen LogP contribution is -2.12. The van der Waals surface area contributed by atoms with Gasteiger partial charge in [0.05, 0.1) is 11.8 Å². The summed E-state index contributed by atoms with van der Waals surface area (Å²) in [7, 11) is 1.35. The van der Waals surface area contributed by atoms with E-state index >= 15 is 0 Å². The molecule has 0 saturated carbocycles. The number of benzene rings is 4. The fraction of sp³-hybridized carbons (Fsp3) is 0.0800. The van der Waals surface area contributed by atoms with Gasteiger partial charge in [-0.3, -0.25) is 0 Å². The quantitative estimate of drug-likeness (QED) is 0.257. The molecule has 4 aromatic carbocycles. The number of hydrogen-bond donors (Lipinski definition) is 0. The molecular weight excluding hydrogens is 460 g/mol. The zero-order valence-corrected chi connectivity index (χ0v) is 18.5. The summed E-state index contributed by atoms with van der Waals surface area (Å²) in [6, 6.07) is 24.9. The van der Waals surface area contributed by atoms with E-state index in [2.05, 4.69) is 69.2 Å². The van der Waals surface area contributed by atoms with Crippen molar-refractivity contribution in [2.75, 3.05) is 13.7 Å². The lowest BCUT2D eigenvalue weighted by atomic mass is 9.93. The number of esters is 1. The molecule has 0 amide bonds. The molecular formula is C25H17BrO3S. The van der Waals surface area contributed by atoms with E-state index in [9.17, 15) is 4.79 Å². The normalized spacial score (nSPS) is 11.3. The van der Waals surface area contributed by atoms with Crippen LogP contribution >= 0.6 is 27.3 Å². The third-order valence-corrected chi connectivity index (χ3v) is 7.48. The first kappa shape index (κ1) is 19.1. The molecule has 5 aromatic rings. The van der Waals surface area contributed by atoms with E-state index in [0.29, 0.717) is 5.75 Å². The second kappa shape index (κ2) is 7.74. The maximum Gasteiger partial charge on any atom is 0.343 e. The summed E-state index contributed by atoms with van der Waals surface area (Å²) in [6.07, 6.45) is 0. The van der Waals surface area contributed by atoms with Crippen LogP contribution in [0.3, 0.4) is 0 Å². The van der Waals surface area contributed by atoms with Crippen molar-refractivity contribution >= 4 is 64.2 Å². The van der Waals surface area contributed by atoms with Crippen molar-refractivity contribution in [3.8, 4) is 16.9 Å². The Morgan fingerprint density at radius 1 is 0.900 bits per heavy atom. The SMILES string of the molecule is COC(=O)COc1ccc(-c2c3ccccc3c(Br)c3sc4ccccc4c23)cc1. The summed E-state index contributed by atoms with van der Waals surface area (Å²) < 4.78 is 13.8. The van der Waals surface area contributed by atoms with Crippen LogP contribution in [0.15, 0.2) is 77.3 Å². The highest BCUT2D eigenvalue weighted by Crippen LogP contribution is 2.48. The third-order valence-electron chi connectivity index (χ3n) is 5.21. The Bertz CT molecular complexity index is 1400. The van der Waals surface area contributed by atoms with Gasteiger partial charge in [-0.1, -0.05) is 54.6 Å². The first-order chi connectivity index (χ1) is 14.7. The van der Waals surface area contributed by atoms with Crippen molar-refractivity contribution in [2.24, 2.45) is 0 Å². The van der Waals surface area contributed by atoms with Crippen LogP contribution in [0.1, 0.15) is 0 Å². The summed E-state index contributed by atoms with van der Waals surface area (Å²) in [5.41, 5.74) is 2.32. The smallest absolute Gasteiger partial charge is 0.343 e. The lowest BCUT2D eigenvalue weighted by molar-refractivity contribution is -0.142. The molecule has 1 aromatic heterocycles. The van der Waals surface area contributed by atoms with E-state index in [1.807, 2.05) is 24.3 Å². The monoisotopic (exact) mass is 476 g/mol. The Morgan fingerprint density at radius 2 is 1.57 bits per heavy atom. The Hall–Kier alpha value is -2.89. The molecule has 0 unspecified atom stereocenters. The number of halogens is 1. The van der Waals surface area contributed by atoms with Crippen LogP contribution in [-0.2, 0) is 9.53 Å². The number of carbonyl (C=O) groups is 1. The Balaban J connectivity index is 1.75. The number of ether oxygens (including phenoxy) is 2. The number of fused-ring (bicyclic) bond motifs is 4. The molecule has 1 heterocycles. The standard InChI is InChI=1S/C25H17BrO3S/c1-28-21(27)14-29-16-12-10-15(11-13-16)22-17-6-2-3-7-18(17)24(26)25-23(22)19-8-4-5-9-20(19)30-25/h2-13H,14H2,1H3. The predicted octanol–water partition coefficient (Wildman–Crippen LogP) is 7.19. The molecule has 5 heteroatoms.